The fourth-order valence-corrected chi connectivity index (χ4v) is 3.46. The molecular weight excluding hydrogens is 256 g/mol. The van der Waals surface area contributed by atoms with Crippen molar-refractivity contribution >= 4 is 0 Å². The maximum atomic E-state index is 4.36. The minimum atomic E-state index is 0.408. The molecule has 1 aromatic carbocycles. The Hall–Kier alpha value is -1.67. The Bertz CT molecular complexity index is 581. The van der Waals surface area contributed by atoms with E-state index in [2.05, 4.69) is 54.5 Å². The number of nitrogens with one attached hydrogen (secondary N) is 1. The van der Waals surface area contributed by atoms with Crippen LogP contribution in [-0.4, -0.2) is 11.5 Å². The molecule has 0 aliphatic heterocycles. The maximum absolute atomic E-state index is 4.36. The van der Waals surface area contributed by atoms with E-state index in [0.717, 1.165) is 13.0 Å². The molecular formula is C19H24N2. The lowest BCUT2D eigenvalue weighted by Gasteiger charge is -2.26. The van der Waals surface area contributed by atoms with Crippen LogP contribution in [0.4, 0.5) is 0 Å². The predicted octanol–water partition coefficient (Wildman–Crippen LogP) is 3.85. The molecule has 2 aromatic rings. The van der Waals surface area contributed by atoms with Crippen LogP contribution in [0.2, 0.25) is 0 Å². The van der Waals surface area contributed by atoms with Crippen LogP contribution in [0.25, 0.3) is 0 Å². The van der Waals surface area contributed by atoms with Gasteiger partial charge in [-0.05, 0) is 67.0 Å². The molecule has 1 N–H and O–H groups in total. The molecule has 0 saturated carbocycles. The van der Waals surface area contributed by atoms with E-state index in [-0.39, 0.29) is 0 Å². The fourth-order valence-electron chi connectivity index (χ4n) is 3.46. The highest BCUT2D eigenvalue weighted by atomic mass is 14.9. The Labute approximate surface area is 127 Å². The normalized spacial score (nSPS) is 15.9. The summed E-state index contributed by atoms with van der Waals surface area (Å²) in [4.78, 5) is 4.36. The van der Waals surface area contributed by atoms with Crippen molar-refractivity contribution in [2.24, 2.45) is 5.92 Å². The quantitative estimate of drug-likeness (QED) is 0.900. The third-order valence-corrected chi connectivity index (χ3v) is 4.58. The molecule has 0 spiro atoms. The van der Waals surface area contributed by atoms with Crippen LogP contribution in [0.3, 0.4) is 0 Å². The summed E-state index contributed by atoms with van der Waals surface area (Å²) in [5.41, 5.74) is 5.75. The number of fused-ring (bicyclic) bond motifs is 1. The third-order valence-electron chi connectivity index (χ3n) is 4.58. The van der Waals surface area contributed by atoms with Gasteiger partial charge in [-0.2, -0.15) is 0 Å². The molecule has 110 valence electrons. The number of pyridine rings is 1. The van der Waals surface area contributed by atoms with Crippen molar-refractivity contribution in [2.45, 2.75) is 39.2 Å². The van der Waals surface area contributed by atoms with E-state index in [1.165, 1.54) is 35.1 Å². The van der Waals surface area contributed by atoms with E-state index in [9.17, 15) is 0 Å². The number of aryl methyl sites for hydroxylation is 1. The van der Waals surface area contributed by atoms with Gasteiger partial charge in [0.25, 0.3) is 0 Å². The number of hydrogen-bond acceptors (Lipinski definition) is 2. The van der Waals surface area contributed by atoms with Gasteiger partial charge in [-0.1, -0.05) is 31.2 Å². The monoisotopic (exact) mass is 280 g/mol. The summed E-state index contributed by atoms with van der Waals surface area (Å²) in [6, 6.07) is 11.4. The van der Waals surface area contributed by atoms with Crippen molar-refractivity contribution in [3.63, 3.8) is 0 Å². The second kappa shape index (κ2) is 6.40. The van der Waals surface area contributed by atoms with E-state index in [0.29, 0.717) is 12.0 Å². The largest absolute Gasteiger partial charge is 0.310 e. The Morgan fingerprint density at radius 1 is 1.19 bits per heavy atom. The van der Waals surface area contributed by atoms with Gasteiger partial charge in [0, 0.05) is 18.4 Å². The first-order chi connectivity index (χ1) is 10.3. The number of benzene rings is 1. The topological polar surface area (TPSA) is 24.9 Å². The minimum Gasteiger partial charge on any atom is -0.310 e. The van der Waals surface area contributed by atoms with Gasteiger partial charge in [0.1, 0.15) is 0 Å². The first-order valence-electron chi connectivity index (χ1n) is 8.00. The smallest absolute Gasteiger partial charge is 0.0372 e. The molecule has 1 aromatic heterocycles. The zero-order valence-electron chi connectivity index (χ0n) is 13.0. The summed E-state index contributed by atoms with van der Waals surface area (Å²) in [6.45, 7) is 5.48. The number of hydrogen-bond donors (Lipinski definition) is 1. The highest BCUT2D eigenvalue weighted by Gasteiger charge is 2.30. The molecule has 3 rings (SSSR count). The van der Waals surface area contributed by atoms with Crippen LogP contribution in [0.15, 0.2) is 42.7 Å². The SMILES string of the molecule is CCCNC(c1cnccc1C)C1Cc2ccccc2C1. The predicted molar refractivity (Wildman–Crippen MR) is 87.3 cm³/mol. The standard InChI is InChI=1S/C19H24N2/c1-3-9-21-19(18-13-20-10-8-14(18)2)17-11-15-6-4-5-7-16(15)12-17/h4-8,10,13,17,19,21H,3,9,11-12H2,1-2H3. The fraction of sp³-hybridized carbons (Fsp3) is 0.421. The van der Waals surface area contributed by atoms with Crippen LogP contribution < -0.4 is 5.32 Å². The van der Waals surface area contributed by atoms with Crippen LogP contribution >= 0.6 is 0 Å². The molecule has 1 aliphatic rings. The van der Waals surface area contributed by atoms with E-state index in [4.69, 9.17) is 0 Å². The summed E-state index contributed by atoms with van der Waals surface area (Å²) in [6.07, 6.45) is 7.44. The highest BCUT2D eigenvalue weighted by molar-refractivity contribution is 5.35. The first kappa shape index (κ1) is 14.3. The lowest BCUT2D eigenvalue weighted by molar-refractivity contribution is 0.372. The molecule has 21 heavy (non-hydrogen) atoms. The second-order valence-electron chi connectivity index (χ2n) is 6.10. The summed E-state index contributed by atoms with van der Waals surface area (Å²) < 4.78 is 0. The minimum absolute atomic E-state index is 0.408. The van der Waals surface area contributed by atoms with E-state index in [1.54, 1.807) is 0 Å². The first-order valence-corrected chi connectivity index (χ1v) is 8.00. The Balaban J connectivity index is 1.86. The van der Waals surface area contributed by atoms with Crippen LogP contribution in [0.1, 0.15) is 41.6 Å². The summed E-state index contributed by atoms with van der Waals surface area (Å²) in [5, 5.41) is 3.76. The van der Waals surface area contributed by atoms with Gasteiger partial charge in [0.15, 0.2) is 0 Å². The van der Waals surface area contributed by atoms with Gasteiger partial charge in [-0.3, -0.25) is 4.98 Å². The second-order valence-corrected chi connectivity index (χ2v) is 6.10. The van der Waals surface area contributed by atoms with Crippen molar-refractivity contribution in [2.75, 3.05) is 6.54 Å². The lowest BCUT2D eigenvalue weighted by atomic mass is 9.89. The van der Waals surface area contributed by atoms with Gasteiger partial charge in [-0.15, -0.1) is 0 Å². The van der Waals surface area contributed by atoms with Crippen molar-refractivity contribution in [3.05, 3.63) is 65.0 Å². The highest BCUT2D eigenvalue weighted by Crippen LogP contribution is 2.36. The number of aromatic nitrogens is 1. The summed E-state index contributed by atoms with van der Waals surface area (Å²) >= 11 is 0. The molecule has 2 heteroatoms. The van der Waals surface area contributed by atoms with Crippen LogP contribution in [-0.2, 0) is 12.8 Å². The average molecular weight is 280 g/mol. The Morgan fingerprint density at radius 3 is 2.52 bits per heavy atom. The van der Waals surface area contributed by atoms with Gasteiger partial charge in [0.2, 0.25) is 0 Å². The summed E-state index contributed by atoms with van der Waals surface area (Å²) in [7, 11) is 0. The molecule has 2 nitrogen and oxygen atoms in total. The molecule has 0 radical (unpaired) electrons. The molecule has 1 unspecified atom stereocenters. The van der Waals surface area contributed by atoms with Crippen LogP contribution in [0, 0.1) is 12.8 Å². The molecule has 1 aliphatic carbocycles. The van der Waals surface area contributed by atoms with Crippen LogP contribution in [0.5, 0.6) is 0 Å². The van der Waals surface area contributed by atoms with Crippen molar-refractivity contribution in [3.8, 4) is 0 Å². The molecule has 0 bridgehead atoms. The molecule has 0 amide bonds. The van der Waals surface area contributed by atoms with Gasteiger partial charge in [0.05, 0.1) is 0 Å². The van der Waals surface area contributed by atoms with Crippen molar-refractivity contribution in [1.82, 2.24) is 10.3 Å². The maximum Gasteiger partial charge on any atom is 0.0372 e. The third kappa shape index (κ3) is 3.01. The van der Waals surface area contributed by atoms with Crippen molar-refractivity contribution in [1.29, 1.82) is 0 Å². The Morgan fingerprint density at radius 2 is 1.90 bits per heavy atom. The number of rotatable bonds is 5. The van der Waals surface area contributed by atoms with E-state index >= 15 is 0 Å². The number of nitrogens with zero attached hydrogens (tertiary/aromatic N) is 1. The molecule has 1 heterocycles. The molecule has 0 fully saturated rings. The Kier molecular flexibility index (Phi) is 4.35. The zero-order chi connectivity index (χ0) is 14.7. The van der Waals surface area contributed by atoms with E-state index < -0.39 is 0 Å². The molecule has 1 atom stereocenters. The van der Waals surface area contributed by atoms with Gasteiger partial charge >= 0.3 is 0 Å². The summed E-state index contributed by atoms with van der Waals surface area (Å²) in [5.74, 6) is 0.636. The van der Waals surface area contributed by atoms with Crippen molar-refractivity contribution < 1.29 is 0 Å². The zero-order valence-corrected chi connectivity index (χ0v) is 13.0. The van der Waals surface area contributed by atoms with Gasteiger partial charge in [-0.25, -0.2) is 0 Å². The molecule has 0 saturated heterocycles. The van der Waals surface area contributed by atoms with Gasteiger partial charge < -0.3 is 5.32 Å². The lowest BCUT2D eigenvalue weighted by Crippen LogP contribution is -2.30. The average Bonchev–Trinajstić information content (AvgIpc) is 2.93. The van der Waals surface area contributed by atoms with E-state index in [1.807, 2.05) is 12.4 Å².